The van der Waals surface area contributed by atoms with Crippen molar-refractivity contribution in [3.63, 3.8) is 0 Å². The van der Waals surface area contributed by atoms with Crippen LogP contribution in [0.4, 0.5) is 0 Å². The summed E-state index contributed by atoms with van der Waals surface area (Å²) in [7, 11) is 3.13. The lowest BCUT2D eigenvalue weighted by Gasteiger charge is -2.08. The van der Waals surface area contributed by atoms with E-state index >= 15 is 0 Å². The zero-order valence-corrected chi connectivity index (χ0v) is 16.4. The van der Waals surface area contributed by atoms with Crippen molar-refractivity contribution in [1.82, 2.24) is 15.8 Å². The highest BCUT2D eigenvalue weighted by molar-refractivity contribution is 7.17. The predicted molar refractivity (Wildman–Crippen MR) is 107 cm³/mol. The van der Waals surface area contributed by atoms with Gasteiger partial charge in [-0.3, -0.25) is 20.4 Å². The van der Waals surface area contributed by atoms with Crippen LogP contribution in [0.5, 0.6) is 11.5 Å². The fourth-order valence-electron chi connectivity index (χ4n) is 2.53. The number of hydrogen-bond acceptors (Lipinski definition) is 6. The molecule has 1 heterocycles. The first kappa shape index (κ1) is 19.4. The predicted octanol–water partition coefficient (Wildman–Crippen LogP) is 3.21. The average molecular weight is 397 g/mol. The zero-order valence-electron chi connectivity index (χ0n) is 15.6. The van der Waals surface area contributed by atoms with E-state index in [0.717, 1.165) is 5.56 Å². The topological polar surface area (TPSA) is 89.5 Å². The summed E-state index contributed by atoms with van der Waals surface area (Å²) in [6, 6.07) is 14.1. The number of carbonyl (C=O) groups is 2. The third-order valence-electron chi connectivity index (χ3n) is 3.96. The number of rotatable bonds is 5. The van der Waals surface area contributed by atoms with E-state index in [1.807, 2.05) is 12.1 Å². The molecule has 0 aliphatic rings. The molecule has 0 saturated carbocycles. The molecule has 0 spiro atoms. The van der Waals surface area contributed by atoms with E-state index in [-0.39, 0.29) is 0 Å². The standard InChI is InChI=1S/C20H19N3O4S/c1-12-17(19(25)23-22-18(24)13-7-5-4-6-8-13)28-20(21-12)14-9-10-15(26-2)16(11-14)27-3/h4-11H,1-3H3,(H,22,24)(H,23,25). The maximum atomic E-state index is 12.5. The molecule has 2 N–H and O–H groups in total. The molecule has 0 bridgehead atoms. The fraction of sp³-hybridized carbons (Fsp3) is 0.150. The molecule has 8 heteroatoms. The molecule has 0 saturated heterocycles. The largest absolute Gasteiger partial charge is 0.493 e. The van der Waals surface area contributed by atoms with Crippen LogP contribution in [0, 0.1) is 6.92 Å². The Labute approximate surface area is 166 Å². The van der Waals surface area contributed by atoms with E-state index in [0.29, 0.717) is 32.6 Å². The summed E-state index contributed by atoms with van der Waals surface area (Å²) >= 11 is 1.23. The molecule has 7 nitrogen and oxygen atoms in total. The normalized spacial score (nSPS) is 10.2. The van der Waals surface area contributed by atoms with Crippen molar-refractivity contribution < 1.29 is 19.1 Å². The molecular weight excluding hydrogens is 378 g/mol. The Morgan fingerprint density at radius 3 is 2.29 bits per heavy atom. The number of benzene rings is 2. The van der Waals surface area contributed by atoms with Crippen LogP contribution >= 0.6 is 11.3 Å². The van der Waals surface area contributed by atoms with Crippen LogP contribution in [0.1, 0.15) is 25.7 Å². The number of nitrogens with zero attached hydrogens (tertiary/aromatic N) is 1. The highest BCUT2D eigenvalue weighted by atomic mass is 32.1. The van der Waals surface area contributed by atoms with Crippen molar-refractivity contribution in [1.29, 1.82) is 0 Å². The Morgan fingerprint density at radius 2 is 1.61 bits per heavy atom. The zero-order chi connectivity index (χ0) is 20.1. The minimum absolute atomic E-state index is 0.392. The van der Waals surface area contributed by atoms with Gasteiger partial charge in [0.15, 0.2) is 11.5 Å². The SMILES string of the molecule is COc1ccc(-c2nc(C)c(C(=O)NNC(=O)c3ccccc3)s2)cc1OC. The van der Waals surface area contributed by atoms with Crippen molar-refractivity contribution in [3.8, 4) is 22.1 Å². The first-order valence-corrected chi connectivity index (χ1v) is 9.20. The number of methoxy groups -OCH3 is 2. The molecule has 0 unspecified atom stereocenters. The van der Waals surface area contributed by atoms with Crippen molar-refractivity contribution in [2.45, 2.75) is 6.92 Å². The van der Waals surface area contributed by atoms with E-state index < -0.39 is 11.8 Å². The van der Waals surface area contributed by atoms with Crippen molar-refractivity contribution in [2.24, 2.45) is 0 Å². The van der Waals surface area contributed by atoms with Crippen LogP contribution in [0.2, 0.25) is 0 Å². The summed E-state index contributed by atoms with van der Waals surface area (Å²) in [5, 5.41) is 0.665. The lowest BCUT2D eigenvalue weighted by atomic mass is 10.2. The third-order valence-corrected chi connectivity index (χ3v) is 5.16. The Morgan fingerprint density at radius 1 is 0.929 bits per heavy atom. The summed E-state index contributed by atoms with van der Waals surface area (Å²) in [5.74, 6) is 0.373. The van der Waals surface area contributed by atoms with Gasteiger partial charge < -0.3 is 9.47 Å². The van der Waals surface area contributed by atoms with E-state index in [1.165, 1.54) is 11.3 Å². The molecule has 0 atom stereocenters. The number of amides is 2. The smallest absolute Gasteiger partial charge is 0.281 e. The number of aromatic nitrogens is 1. The van der Waals surface area contributed by atoms with Gasteiger partial charge in [-0.05, 0) is 37.3 Å². The van der Waals surface area contributed by atoms with Crippen LogP contribution in [0.15, 0.2) is 48.5 Å². The highest BCUT2D eigenvalue weighted by Gasteiger charge is 2.18. The van der Waals surface area contributed by atoms with Gasteiger partial charge in [0, 0.05) is 11.1 Å². The van der Waals surface area contributed by atoms with Crippen LogP contribution in [-0.4, -0.2) is 31.0 Å². The van der Waals surface area contributed by atoms with E-state index in [4.69, 9.17) is 9.47 Å². The molecule has 2 amide bonds. The number of hydrazine groups is 1. The van der Waals surface area contributed by atoms with Gasteiger partial charge in [0.1, 0.15) is 9.88 Å². The Balaban J connectivity index is 1.75. The second-order valence-corrected chi connectivity index (χ2v) is 6.78. The summed E-state index contributed by atoms with van der Waals surface area (Å²) in [5.41, 5.74) is 6.67. The minimum Gasteiger partial charge on any atom is -0.493 e. The lowest BCUT2D eigenvalue weighted by molar-refractivity contribution is 0.0848. The van der Waals surface area contributed by atoms with Crippen LogP contribution in [-0.2, 0) is 0 Å². The average Bonchev–Trinajstić information content (AvgIpc) is 3.13. The van der Waals surface area contributed by atoms with Crippen LogP contribution in [0.3, 0.4) is 0 Å². The number of nitrogens with one attached hydrogen (secondary N) is 2. The second-order valence-electron chi connectivity index (χ2n) is 5.78. The molecule has 1 aromatic heterocycles. The highest BCUT2D eigenvalue weighted by Crippen LogP contribution is 2.34. The Bertz CT molecular complexity index is 1000. The Hall–Kier alpha value is -3.39. The van der Waals surface area contributed by atoms with Crippen LogP contribution in [0.25, 0.3) is 10.6 Å². The van der Waals surface area contributed by atoms with Crippen LogP contribution < -0.4 is 20.3 Å². The first-order chi connectivity index (χ1) is 13.5. The maximum Gasteiger partial charge on any atom is 0.281 e. The van der Waals surface area contributed by atoms with Gasteiger partial charge in [-0.25, -0.2) is 4.98 Å². The van der Waals surface area contributed by atoms with Crippen molar-refractivity contribution >= 4 is 23.2 Å². The number of hydrogen-bond donors (Lipinski definition) is 2. The molecule has 28 heavy (non-hydrogen) atoms. The molecule has 3 aromatic rings. The maximum absolute atomic E-state index is 12.5. The molecule has 3 rings (SSSR count). The Kier molecular flexibility index (Phi) is 5.90. The molecule has 144 valence electrons. The second kappa shape index (κ2) is 8.53. The molecule has 0 radical (unpaired) electrons. The third kappa shape index (κ3) is 4.12. The van der Waals surface area contributed by atoms with E-state index in [9.17, 15) is 9.59 Å². The summed E-state index contributed by atoms with van der Waals surface area (Å²) in [4.78, 5) is 29.4. The van der Waals surface area contributed by atoms with Gasteiger partial charge in [0.2, 0.25) is 0 Å². The quantitative estimate of drug-likeness (QED) is 0.646. The number of aryl methyl sites for hydroxylation is 1. The number of ether oxygens (including phenoxy) is 2. The van der Waals surface area contributed by atoms with Crippen molar-refractivity contribution in [2.75, 3.05) is 14.2 Å². The summed E-state index contributed by atoms with van der Waals surface area (Å²) < 4.78 is 10.6. The van der Waals surface area contributed by atoms with E-state index in [1.54, 1.807) is 57.5 Å². The molecule has 0 fully saturated rings. The van der Waals surface area contributed by atoms with Gasteiger partial charge in [0.25, 0.3) is 11.8 Å². The summed E-state index contributed by atoms with van der Waals surface area (Å²) in [6.07, 6.45) is 0. The first-order valence-electron chi connectivity index (χ1n) is 8.39. The number of thiazole rings is 1. The van der Waals surface area contributed by atoms with E-state index in [2.05, 4.69) is 15.8 Å². The monoisotopic (exact) mass is 397 g/mol. The molecule has 0 aliphatic heterocycles. The van der Waals surface area contributed by atoms with Gasteiger partial charge >= 0.3 is 0 Å². The number of carbonyl (C=O) groups excluding carboxylic acids is 2. The fourth-order valence-corrected chi connectivity index (χ4v) is 3.49. The van der Waals surface area contributed by atoms with Crippen molar-refractivity contribution in [3.05, 3.63) is 64.7 Å². The molecule has 2 aromatic carbocycles. The minimum atomic E-state index is -0.425. The lowest BCUT2D eigenvalue weighted by Crippen LogP contribution is -2.41. The van der Waals surface area contributed by atoms with Gasteiger partial charge in [0.05, 0.1) is 19.9 Å². The van der Waals surface area contributed by atoms with Gasteiger partial charge in [-0.2, -0.15) is 0 Å². The van der Waals surface area contributed by atoms with Gasteiger partial charge in [-0.15, -0.1) is 11.3 Å². The molecular formula is C20H19N3O4S. The molecule has 0 aliphatic carbocycles. The van der Waals surface area contributed by atoms with Gasteiger partial charge in [-0.1, -0.05) is 18.2 Å². The summed E-state index contributed by atoms with van der Waals surface area (Å²) in [6.45, 7) is 1.74.